The SMILES string of the molecule is CC1CCCN(c2ccnc3ccc(Br)cc23)C1. The molecule has 0 amide bonds. The molecule has 0 saturated carbocycles. The van der Waals surface area contributed by atoms with Gasteiger partial charge in [0.05, 0.1) is 5.52 Å². The number of pyridine rings is 1. The van der Waals surface area contributed by atoms with E-state index in [2.05, 4.69) is 57.0 Å². The summed E-state index contributed by atoms with van der Waals surface area (Å²) in [6, 6.07) is 8.46. The van der Waals surface area contributed by atoms with E-state index in [0.29, 0.717) is 0 Å². The number of aromatic nitrogens is 1. The lowest BCUT2D eigenvalue weighted by Crippen LogP contribution is -2.34. The second-order valence-corrected chi connectivity index (χ2v) is 6.10. The standard InChI is InChI=1S/C15H17BrN2/c1-11-3-2-8-18(10-11)15-6-7-17-14-5-4-12(16)9-13(14)15/h4-7,9,11H,2-3,8,10H2,1H3. The first kappa shape index (κ1) is 12.0. The second kappa shape index (κ2) is 4.88. The van der Waals surface area contributed by atoms with Gasteiger partial charge in [-0.25, -0.2) is 0 Å². The Labute approximate surface area is 116 Å². The number of halogens is 1. The smallest absolute Gasteiger partial charge is 0.0723 e. The van der Waals surface area contributed by atoms with E-state index in [1.165, 1.54) is 23.9 Å². The van der Waals surface area contributed by atoms with Crippen LogP contribution in [-0.2, 0) is 0 Å². The van der Waals surface area contributed by atoms with Crippen LogP contribution < -0.4 is 4.90 Å². The van der Waals surface area contributed by atoms with Crippen molar-refractivity contribution >= 4 is 32.5 Å². The van der Waals surface area contributed by atoms with E-state index in [1.54, 1.807) is 0 Å². The van der Waals surface area contributed by atoms with Crippen LogP contribution in [0.25, 0.3) is 10.9 Å². The minimum Gasteiger partial charge on any atom is -0.371 e. The topological polar surface area (TPSA) is 16.1 Å². The van der Waals surface area contributed by atoms with Crippen LogP contribution in [0, 0.1) is 5.92 Å². The van der Waals surface area contributed by atoms with Gasteiger partial charge in [-0.05, 0) is 43.0 Å². The first-order valence-electron chi connectivity index (χ1n) is 6.53. The van der Waals surface area contributed by atoms with Crippen molar-refractivity contribution in [2.75, 3.05) is 18.0 Å². The zero-order chi connectivity index (χ0) is 12.5. The summed E-state index contributed by atoms with van der Waals surface area (Å²) in [4.78, 5) is 6.95. The lowest BCUT2D eigenvalue weighted by atomic mass is 9.99. The van der Waals surface area contributed by atoms with Crippen LogP contribution in [-0.4, -0.2) is 18.1 Å². The van der Waals surface area contributed by atoms with Crippen LogP contribution in [0.15, 0.2) is 34.9 Å². The molecule has 18 heavy (non-hydrogen) atoms. The van der Waals surface area contributed by atoms with E-state index in [0.717, 1.165) is 29.0 Å². The fourth-order valence-corrected chi connectivity index (χ4v) is 3.15. The van der Waals surface area contributed by atoms with E-state index < -0.39 is 0 Å². The Balaban J connectivity index is 2.07. The number of hydrogen-bond donors (Lipinski definition) is 0. The van der Waals surface area contributed by atoms with Crippen molar-refractivity contribution in [3.05, 3.63) is 34.9 Å². The molecule has 3 heteroatoms. The summed E-state index contributed by atoms with van der Waals surface area (Å²) in [5, 5.41) is 1.25. The van der Waals surface area contributed by atoms with Gasteiger partial charge < -0.3 is 4.90 Å². The third-order valence-corrected chi connectivity index (χ3v) is 4.17. The Hall–Kier alpha value is -1.09. The van der Waals surface area contributed by atoms with Crippen molar-refractivity contribution in [2.45, 2.75) is 19.8 Å². The van der Waals surface area contributed by atoms with Gasteiger partial charge in [0.25, 0.3) is 0 Å². The molecule has 2 heterocycles. The largest absolute Gasteiger partial charge is 0.371 e. The molecule has 1 aromatic heterocycles. The third-order valence-electron chi connectivity index (χ3n) is 3.68. The highest BCUT2D eigenvalue weighted by Crippen LogP contribution is 2.30. The first-order valence-corrected chi connectivity index (χ1v) is 7.32. The molecule has 0 N–H and O–H groups in total. The van der Waals surface area contributed by atoms with Gasteiger partial charge in [0.15, 0.2) is 0 Å². The molecule has 1 aliphatic rings. The normalized spacial score (nSPS) is 20.3. The maximum atomic E-state index is 4.45. The van der Waals surface area contributed by atoms with Gasteiger partial charge in [-0.15, -0.1) is 0 Å². The van der Waals surface area contributed by atoms with E-state index in [1.807, 2.05) is 6.20 Å². The van der Waals surface area contributed by atoms with Crippen LogP contribution in [0.3, 0.4) is 0 Å². The lowest BCUT2D eigenvalue weighted by Gasteiger charge is -2.33. The fourth-order valence-electron chi connectivity index (χ4n) is 2.79. The third kappa shape index (κ3) is 2.24. The molecule has 1 atom stereocenters. The molecule has 1 aliphatic heterocycles. The van der Waals surface area contributed by atoms with E-state index in [4.69, 9.17) is 0 Å². The molecule has 2 aromatic rings. The number of piperidine rings is 1. The predicted molar refractivity (Wildman–Crippen MR) is 80.1 cm³/mol. The predicted octanol–water partition coefficient (Wildman–Crippen LogP) is 4.23. The summed E-state index contributed by atoms with van der Waals surface area (Å²) >= 11 is 3.56. The van der Waals surface area contributed by atoms with Crippen LogP contribution in [0.4, 0.5) is 5.69 Å². The highest BCUT2D eigenvalue weighted by molar-refractivity contribution is 9.10. The van der Waals surface area contributed by atoms with Crippen molar-refractivity contribution in [2.24, 2.45) is 5.92 Å². The van der Waals surface area contributed by atoms with Gasteiger partial charge in [0.1, 0.15) is 0 Å². The van der Waals surface area contributed by atoms with E-state index >= 15 is 0 Å². The summed E-state index contributed by atoms with van der Waals surface area (Å²) in [5.74, 6) is 0.786. The molecule has 0 radical (unpaired) electrons. The maximum Gasteiger partial charge on any atom is 0.0723 e. The zero-order valence-electron chi connectivity index (χ0n) is 10.6. The molecule has 0 aliphatic carbocycles. The number of fused-ring (bicyclic) bond motifs is 1. The molecule has 1 unspecified atom stereocenters. The quantitative estimate of drug-likeness (QED) is 0.783. The van der Waals surface area contributed by atoms with Gasteiger partial charge in [0.2, 0.25) is 0 Å². The summed E-state index contributed by atoms with van der Waals surface area (Å²) in [5.41, 5.74) is 2.40. The molecule has 1 fully saturated rings. The molecular weight excluding hydrogens is 288 g/mol. The van der Waals surface area contributed by atoms with Crippen molar-refractivity contribution in [3.63, 3.8) is 0 Å². The van der Waals surface area contributed by atoms with E-state index in [-0.39, 0.29) is 0 Å². The zero-order valence-corrected chi connectivity index (χ0v) is 12.2. The molecule has 0 bridgehead atoms. The Morgan fingerprint density at radius 3 is 3.06 bits per heavy atom. The summed E-state index contributed by atoms with van der Waals surface area (Å²) in [6.45, 7) is 4.66. The summed E-state index contributed by atoms with van der Waals surface area (Å²) in [6.07, 6.45) is 4.56. The number of rotatable bonds is 1. The van der Waals surface area contributed by atoms with Gasteiger partial charge in [-0.3, -0.25) is 4.98 Å². The maximum absolute atomic E-state index is 4.45. The number of hydrogen-bond acceptors (Lipinski definition) is 2. The molecule has 0 spiro atoms. The Kier molecular flexibility index (Phi) is 3.25. The van der Waals surface area contributed by atoms with Crippen molar-refractivity contribution < 1.29 is 0 Å². The molecule has 3 rings (SSSR count). The van der Waals surface area contributed by atoms with Gasteiger partial charge >= 0.3 is 0 Å². The van der Waals surface area contributed by atoms with E-state index in [9.17, 15) is 0 Å². The highest BCUT2D eigenvalue weighted by Gasteiger charge is 2.18. The Morgan fingerprint density at radius 1 is 1.33 bits per heavy atom. The molecule has 2 nitrogen and oxygen atoms in total. The minimum absolute atomic E-state index is 0.786. The monoisotopic (exact) mass is 304 g/mol. The summed E-state index contributed by atoms with van der Waals surface area (Å²) < 4.78 is 1.12. The van der Waals surface area contributed by atoms with Crippen LogP contribution in [0.5, 0.6) is 0 Å². The molecular formula is C15H17BrN2. The van der Waals surface area contributed by atoms with Crippen LogP contribution in [0.2, 0.25) is 0 Å². The number of nitrogens with zero attached hydrogens (tertiary/aromatic N) is 2. The van der Waals surface area contributed by atoms with Crippen molar-refractivity contribution in [3.8, 4) is 0 Å². The van der Waals surface area contributed by atoms with Gasteiger partial charge in [-0.2, -0.15) is 0 Å². The summed E-state index contributed by atoms with van der Waals surface area (Å²) in [7, 11) is 0. The minimum atomic E-state index is 0.786. The van der Waals surface area contributed by atoms with Crippen LogP contribution >= 0.6 is 15.9 Å². The Morgan fingerprint density at radius 2 is 2.22 bits per heavy atom. The first-order chi connectivity index (χ1) is 8.74. The number of benzene rings is 1. The average molecular weight is 305 g/mol. The van der Waals surface area contributed by atoms with Crippen molar-refractivity contribution in [1.29, 1.82) is 0 Å². The molecule has 1 aromatic carbocycles. The highest BCUT2D eigenvalue weighted by atomic mass is 79.9. The molecule has 1 saturated heterocycles. The van der Waals surface area contributed by atoms with Gasteiger partial charge in [0, 0.05) is 34.8 Å². The lowest BCUT2D eigenvalue weighted by molar-refractivity contribution is 0.447. The van der Waals surface area contributed by atoms with Crippen LogP contribution in [0.1, 0.15) is 19.8 Å². The van der Waals surface area contributed by atoms with Gasteiger partial charge in [-0.1, -0.05) is 22.9 Å². The van der Waals surface area contributed by atoms with Crippen molar-refractivity contribution in [1.82, 2.24) is 4.98 Å². The molecule has 94 valence electrons. The average Bonchev–Trinajstić information content (AvgIpc) is 2.38. The fraction of sp³-hybridized carbons (Fsp3) is 0.400. The number of anilines is 1. The Bertz CT molecular complexity index is 567. The second-order valence-electron chi connectivity index (χ2n) is 5.18.